The summed E-state index contributed by atoms with van der Waals surface area (Å²) in [5, 5.41) is 0. The molecule has 0 spiro atoms. The Morgan fingerprint density at radius 1 is 1.06 bits per heavy atom. The molecule has 1 saturated heterocycles. The number of ether oxygens (including phenoxy) is 1. The maximum absolute atomic E-state index is 13.8. The lowest BCUT2D eigenvalue weighted by atomic mass is 10.0. The van der Waals surface area contributed by atoms with E-state index in [9.17, 15) is 8.42 Å². The number of imidazole rings is 1. The summed E-state index contributed by atoms with van der Waals surface area (Å²) in [7, 11) is -3.73. The summed E-state index contributed by atoms with van der Waals surface area (Å²) in [6.07, 6.45) is 3.83. The number of aromatic nitrogens is 2. The highest BCUT2D eigenvalue weighted by atomic mass is 32.2. The summed E-state index contributed by atoms with van der Waals surface area (Å²) in [6, 6.07) is 13.3. The Morgan fingerprint density at radius 3 is 2.38 bits per heavy atom. The molecule has 6 nitrogen and oxygen atoms in total. The van der Waals surface area contributed by atoms with Crippen molar-refractivity contribution in [1.82, 2.24) is 9.55 Å². The van der Waals surface area contributed by atoms with Gasteiger partial charge in [-0.1, -0.05) is 39.8 Å². The minimum atomic E-state index is -3.73. The molecule has 1 fully saturated rings. The van der Waals surface area contributed by atoms with Gasteiger partial charge >= 0.3 is 0 Å². The third-order valence-electron chi connectivity index (χ3n) is 6.65. The van der Waals surface area contributed by atoms with Crippen molar-refractivity contribution in [3.63, 3.8) is 0 Å². The number of sulfonamides is 1. The first kappa shape index (κ1) is 24.7. The van der Waals surface area contributed by atoms with E-state index in [1.807, 2.05) is 44.2 Å². The van der Waals surface area contributed by atoms with Crippen LogP contribution < -0.4 is 4.31 Å². The number of anilines is 1. The van der Waals surface area contributed by atoms with E-state index in [1.165, 1.54) is 9.87 Å². The van der Waals surface area contributed by atoms with Crippen molar-refractivity contribution in [3.8, 4) is 0 Å². The Labute approximate surface area is 204 Å². The van der Waals surface area contributed by atoms with Crippen molar-refractivity contribution in [2.45, 2.75) is 64.8 Å². The van der Waals surface area contributed by atoms with Crippen LogP contribution in [0.25, 0.3) is 11.0 Å². The Hall–Kier alpha value is -2.38. The zero-order chi connectivity index (χ0) is 24.3. The van der Waals surface area contributed by atoms with E-state index in [1.54, 1.807) is 12.1 Å². The lowest BCUT2D eigenvalue weighted by Gasteiger charge is -2.26. The molecule has 2 heterocycles. The summed E-state index contributed by atoms with van der Waals surface area (Å²) < 4.78 is 37.0. The molecular formula is C27H37N3O3S. The molecule has 34 heavy (non-hydrogen) atoms. The minimum Gasteiger partial charge on any atom is -0.381 e. The van der Waals surface area contributed by atoms with Crippen LogP contribution in [0, 0.1) is 11.8 Å². The number of aryl methyl sites for hydroxylation is 2. The minimum absolute atomic E-state index is 0.190. The van der Waals surface area contributed by atoms with Gasteiger partial charge in [-0.15, -0.1) is 0 Å². The van der Waals surface area contributed by atoms with Crippen molar-refractivity contribution in [2.24, 2.45) is 11.8 Å². The molecular weight excluding hydrogens is 446 g/mol. The van der Waals surface area contributed by atoms with E-state index < -0.39 is 10.0 Å². The molecule has 4 rings (SSSR count). The number of rotatable bonds is 9. The lowest BCUT2D eigenvalue weighted by molar-refractivity contribution is 0.0613. The molecule has 3 aromatic rings. The predicted octanol–water partition coefficient (Wildman–Crippen LogP) is 5.44. The molecule has 0 saturated carbocycles. The SMILES string of the molecule is CCc1ccc(N(CC(C)C)S(=O)(=O)c2ccc3c(c2)nc(CC)n3CC2CCOCC2)cc1. The Bertz CT molecular complexity index is 1210. The Morgan fingerprint density at radius 2 is 1.76 bits per heavy atom. The topological polar surface area (TPSA) is 64.4 Å². The normalized spacial score (nSPS) is 15.3. The fourth-order valence-electron chi connectivity index (χ4n) is 4.68. The third-order valence-corrected chi connectivity index (χ3v) is 8.44. The fraction of sp³-hybridized carbons (Fsp3) is 0.519. The standard InChI is InChI=1S/C27H37N3O3S/c1-5-21-7-9-23(10-8-21)30(18-20(3)4)34(31,32)24-11-12-26-25(17-24)28-27(6-2)29(26)19-22-13-15-33-16-14-22/h7-12,17,20,22H,5-6,13-16,18-19H2,1-4H3. The molecule has 0 radical (unpaired) electrons. The third kappa shape index (κ3) is 5.15. The monoisotopic (exact) mass is 483 g/mol. The smallest absolute Gasteiger partial charge is 0.264 e. The summed E-state index contributed by atoms with van der Waals surface area (Å²) >= 11 is 0. The zero-order valence-corrected chi connectivity index (χ0v) is 21.6. The van der Waals surface area contributed by atoms with Crippen LogP contribution in [0.2, 0.25) is 0 Å². The second kappa shape index (κ2) is 10.5. The quantitative estimate of drug-likeness (QED) is 0.407. The van der Waals surface area contributed by atoms with E-state index in [2.05, 4.69) is 18.4 Å². The van der Waals surface area contributed by atoms with Crippen molar-refractivity contribution < 1.29 is 13.2 Å². The van der Waals surface area contributed by atoms with E-state index in [0.29, 0.717) is 23.0 Å². The first-order valence-corrected chi connectivity index (χ1v) is 14.0. The highest BCUT2D eigenvalue weighted by Gasteiger charge is 2.27. The summed E-state index contributed by atoms with van der Waals surface area (Å²) in [5.74, 6) is 1.76. The second-order valence-electron chi connectivity index (χ2n) is 9.65. The number of hydrogen-bond acceptors (Lipinski definition) is 4. The van der Waals surface area contributed by atoms with Crippen molar-refractivity contribution in [3.05, 3.63) is 53.9 Å². The molecule has 0 bridgehead atoms. The maximum Gasteiger partial charge on any atom is 0.264 e. The molecule has 1 aliphatic heterocycles. The van der Waals surface area contributed by atoms with Crippen molar-refractivity contribution in [2.75, 3.05) is 24.1 Å². The van der Waals surface area contributed by atoms with Gasteiger partial charge in [0.05, 0.1) is 21.6 Å². The van der Waals surface area contributed by atoms with E-state index in [-0.39, 0.29) is 5.92 Å². The maximum atomic E-state index is 13.8. The summed E-state index contributed by atoms with van der Waals surface area (Å²) in [6.45, 7) is 11.2. The molecule has 0 N–H and O–H groups in total. The van der Waals surface area contributed by atoms with E-state index in [0.717, 1.165) is 62.3 Å². The van der Waals surface area contributed by atoms with Crippen LogP contribution in [0.5, 0.6) is 0 Å². The van der Waals surface area contributed by atoms with Crippen LogP contribution in [-0.2, 0) is 34.1 Å². The number of hydrogen-bond donors (Lipinski definition) is 0. The summed E-state index contributed by atoms with van der Waals surface area (Å²) in [4.78, 5) is 5.13. The lowest BCUT2D eigenvalue weighted by Crippen LogP contribution is -2.34. The van der Waals surface area contributed by atoms with Gasteiger partial charge in [0.1, 0.15) is 5.82 Å². The van der Waals surface area contributed by atoms with Gasteiger partial charge in [0, 0.05) is 32.7 Å². The van der Waals surface area contributed by atoms with Gasteiger partial charge < -0.3 is 9.30 Å². The molecule has 0 amide bonds. The molecule has 1 aliphatic rings. The van der Waals surface area contributed by atoms with Crippen LogP contribution in [0.4, 0.5) is 5.69 Å². The summed E-state index contributed by atoms with van der Waals surface area (Å²) in [5.41, 5.74) is 3.64. The highest BCUT2D eigenvalue weighted by Crippen LogP contribution is 2.29. The van der Waals surface area contributed by atoms with E-state index >= 15 is 0 Å². The average molecular weight is 484 g/mol. The molecule has 184 valence electrons. The zero-order valence-electron chi connectivity index (χ0n) is 20.8. The largest absolute Gasteiger partial charge is 0.381 e. The first-order chi connectivity index (χ1) is 16.3. The second-order valence-corrected chi connectivity index (χ2v) is 11.5. The fourth-order valence-corrected chi connectivity index (χ4v) is 6.33. The highest BCUT2D eigenvalue weighted by molar-refractivity contribution is 7.92. The van der Waals surface area contributed by atoms with Gasteiger partial charge in [0.15, 0.2) is 0 Å². The predicted molar refractivity (Wildman–Crippen MR) is 138 cm³/mol. The van der Waals surface area contributed by atoms with Crippen LogP contribution in [0.15, 0.2) is 47.4 Å². The van der Waals surface area contributed by atoms with Crippen LogP contribution >= 0.6 is 0 Å². The van der Waals surface area contributed by atoms with Crippen molar-refractivity contribution in [1.29, 1.82) is 0 Å². The van der Waals surface area contributed by atoms with Gasteiger partial charge in [-0.3, -0.25) is 4.31 Å². The first-order valence-electron chi connectivity index (χ1n) is 12.5. The number of nitrogens with zero attached hydrogens (tertiary/aromatic N) is 3. The van der Waals surface area contributed by atoms with Crippen LogP contribution in [0.3, 0.4) is 0 Å². The molecule has 0 aliphatic carbocycles. The Balaban J connectivity index is 1.71. The van der Waals surface area contributed by atoms with Gasteiger partial charge in [0.2, 0.25) is 0 Å². The van der Waals surface area contributed by atoms with Gasteiger partial charge in [-0.25, -0.2) is 13.4 Å². The van der Waals surface area contributed by atoms with E-state index in [4.69, 9.17) is 9.72 Å². The number of benzene rings is 2. The van der Waals surface area contributed by atoms with Gasteiger partial charge in [-0.05, 0) is 67.0 Å². The molecule has 1 aromatic heterocycles. The van der Waals surface area contributed by atoms with Crippen LogP contribution in [0.1, 0.15) is 51.9 Å². The van der Waals surface area contributed by atoms with Gasteiger partial charge in [0.25, 0.3) is 10.0 Å². The Kier molecular flexibility index (Phi) is 7.63. The average Bonchev–Trinajstić information content (AvgIpc) is 3.19. The molecule has 0 unspecified atom stereocenters. The number of fused-ring (bicyclic) bond motifs is 1. The van der Waals surface area contributed by atoms with Gasteiger partial charge in [-0.2, -0.15) is 0 Å². The molecule has 2 aromatic carbocycles. The molecule has 7 heteroatoms. The van der Waals surface area contributed by atoms with Crippen LogP contribution in [-0.4, -0.2) is 37.7 Å². The molecule has 0 atom stereocenters. The van der Waals surface area contributed by atoms with Crippen molar-refractivity contribution >= 4 is 26.7 Å².